The van der Waals surface area contributed by atoms with Gasteiger partial charge in [-0.05, 0) is 66.4 Å². The number of benzene rings is 3. The van der Waals surface area contributed by atoms with Gasteiger partial charge in [0.1, 0.15) is 18.1 Å². The van der Waals surface area contributed by atoms with E-state index < -0.39 is 0 Å². The van der Waals surface area contributed by atoms with Crippen molar-refractivity contribution in [3.8, 4) is 11.5 Å². The Labute approximate surface area is 183 Å². The first-order chi connectivity index (χ1) is 15.1. The van der Waals surface area contributed by atoms with E-state index in [0.29, 0.717) is 12.4 Å². The van der Waals surface area contributed by atoms with Crippen molar-refractivity contribution in [3.63, 3.8) is 0 Å². The molecule has 0 saturated carbocycles. The Morgan fingerprint density at radius 1 is 0.871 bits per heavy atom. The molecule has 1 N–H and O–H groups in total. The van der Waals surface area contributed by atoms with Crippen molar-refractivity contribution in [1.82, 2.24) is 5.43 Å². The van der Waals surface area contributed by atoms with E-state index in [9.17, 15) is 4.79 Å². The normalized spacial score (nSPS) is 10.8. The van der Waals surface area contributed by atoms with Gasteiger partial charge in [0.05, 0.1) is 6.21 Å². The van der Waals surface area contributed by atoms with Crippen molar-refractivity contribution < 1.29 is 14.3 Å². The second-order valence-corrected chi connectivity index (χ2v) is 7.32. The lowest BCUT2D eigenvalue weighted by molar-refractivity contribution is -0.123. The summed E-state index contributed by atoms with van der Waals surface area (Å²) in [5, 5.41) is 3.98. The number of nitrogens with zero attached hydrogens (tertiary/aromatic N) is 1. The zero-order valence-electron chi connectivity index (χ0n) is 18.0. The first kappa shape index (κ1) is 22.1. The monoisotopic (exact) mass is 416 g/mol. The molecule has 0 aromatic heterocycles. The summed E-state index contributed by atoms with van der Waals surface area (Å²) in [5.41, 5.74) is 6.94. The zero-order chi connectivity index (χ0) is 21.9. The summed E-state index contributed by atoms with van der Waals surface area (Å²) >= 11 is 0. The van der Waals surface area contributed by atoms with Crippen LogP contribution in [-0.2, 0) is 17.8 Å². The lowest BCUT2D eigenvalue weighted by atomic mass is 10.1. The quantitative estimate of drug-likeness (QED) is 0.371. The van der Waals surface area contributed by atoms with Gasteiger partial charge in [0.15, 0.2) is 6.61 Å². The van der Waals surface area contributed by atoms with Crippen molar-refractivity contribution in [2.45, 2.75) is 33.3 Å². The van der Waals surface area contributed by atoms with Gasteiger partial charge >= 0.3 is 0 Å². The minimum absolute atomic E-state index is 0.0871. The molecular weight excluding hydrogens is 388 g/mol. The fourth-order valence-electron chi connectivity index (χ4n) is 2.90. The van der Waals surface area contributed by atoms with E-state index in [4.69, 9.17) is 9.47 Å². The van der Waals surface area contributed by atoms with Gasteiger partial charge in [-0.1, -0.05) is 55.3 Å². The number of carbonyl (C=O) groups excluding carboxylic acids is 1. The summed E-state index contributed by atoms with van der Waals surface area (Å²) in [5.74, 6) is 1.13. The van der Waals surface area contributed by atoms with Crippen molar-refractivity contribution >= 4 is 12.1 Å². The molecule has 160 valence electrons. The summed E-state index contributed by atoms with van der Waals surface area (Å²) in [4.78, 5) is 11.9. The number of nitrogens with one attached hydrogen (secondary N) is 1. The van der Waals surface area contributed by atoms with E-state index in [1.54, 1.807) is 6.21 Å². The maximum absolute atomic E-state index is 11.9. The first-order valence-corrected chi connectivity index (χ1v) is 10.4. The fraction of sp³-hybridized carbons (Fsp3) is 0.231. The second kappa shape index (κ2) is 11.6. The number of aryl methyl sites for hydroxylation is 2. The maximum atomic E-state index is 11.9. The molecule has 3 aromatic carbocycles. The molecule has 31 heavy (non-hydrogen) atoms. The van der Waals surface area contributed by atoms with Crippen LogP contribution in [0.4, 0.5) is 0 Å². The fourth-order valence-corrected chi connectivity index (χ4v) is 2.90. The Morgan fingerprint density at radius 3 is 2.16 bits per heavy atom. The van der Waals surface area contributed by atoms with Crippen LogP contribution in [0.25, 0.3) is 0 Å². The molecule has 3 aromatic rings. The third kappa shape index (κ3) is 7.63. The van der Waals surface area contributed by atoms with E-state index in [0.717, 1.165) is 29.7 Å². The standard InChI is InChI=1S/C26H28N2O3/c1-3-4-21-9-13-25(14-10-21)31-19-26(29)28-27-17-22-11-15-24(16-12-22)30-18-23-7-5-20(2)6-8-23/h5-17H,3-4,18-19H2,1-2H3,(H,28,29)/b27-17+. The SMILES string of the molecule is CCCc1ccc(OCC(=O)N/N=C/c2ccc(OCc3ccc(C)cc3)cc2)cc1. The van der Waals surface area contributed by atoms with Gasteiger partial charge in [0, 0.05) is 0 Å². The number of hydrazone groups is 1. The third-order valence-corrected chi connectivity index (χ3v) is 4.64. The molecule has 0 radical (unpaired) electrons. The van der Waals surface area contributed by atoms with E-state index in [-0.39, 0.29) is 12.5 Å². The zero-order valence-corrected chi connectivity index (χ0v) is 18.0. The van der Waals surface area contributed by atoms with E-state index in [1.807, 2.05) is 48.5 Å². The number of amides is 1. The molecule has 0 aliphatic rings. The third-order valence-electron chi connectivity index (χ3n) is 4.64. The minimum Gasteiger partial charge on any atom is -0.489 e. The van der Waals surface area contributed by atoms with Gasteiger partial charge in [-0.3, -0.25) is 4.79 Å². The molecule has 3 rings (SSSR count). The van der Waals surface area contributed by atoms with Crippen LogP contribution in [0.3, 0.4) is 0 Å². The molecule has 0 heterocycles. The molecule has 0 spiro atoms. The summed E-state index contributed by atoms with van der Waals surface area (Å²) in [6.45, 7) is 4.64. The highest BCUT2D eigenvalue weighted by Crippen LogP contribution is 2.14. The lowest BCUT2D eigenvalue weighted by Gasteiger charge is -2.07. The summed E-state index contributed by atoms with van der Waals surface area (Å²) in [6.07, 6.45) is 3.72. The Bertz CT molecular complexity index is 979. The highest BCUT2D eigenvalue weighted by molar-refractivity contribution is 5.83. The van der Waals surface area contributed by atoms with Crippen LogP contribution in [0.2, 0.25) is 0 Å². The predicted molar refractivity (Wildman–Crippen MR) is 124 cm³/mol. The van der Waals surface area contributed by atoms with Crippen LogP contribution in [0.1, 0.15) is 35.6 Å². The number of rotatable bonds is 10. The Kier molecular flexibility index (Phi) is 8.23. The molecule has 5 nitrogen and oxygen atoms in total. The second-order valence-electron chi connectivity index (χ2n) is 7.32. The van der Waals surface area contributed by atoms with Gasteiger partial charge in [0.2, 0.25) is 0 Å². The number of hydrogen-bond donors (Lipinski definition) is 1. The van der Waals surface area contributed by atoms with Gasteiger partial charge in [-0.25, -0.2) is 5.43 Å². The molecule has 0 fully saturated rings. The Morgan fingerprint density at radius 2 is 1.48 bits per heavy atom. The van der Waals surface area contributed by atoms with Crippen molar-refractivity contribution in [3.05, 3.63) is 95.1 Å². The molecular formula is C26H28N2O3. The van der Waals surface area contributed by atoms with Crippen LogP contribution in [0.5, 0.6) is 11.5 Å². The number of hydrogen-bond acceptors (Lipinski definition) is 4. The number of carbonyl (C=O) groups is 1. The first-order valence-electron chi connectivity index (χ1n) is 10.4. The van der Waals surface area contributed by atoms with E-state index in [2.05, 4.69) is 48.6 Å². The van der Waals surface area contributed by atoms with Crippen LogP contribution in [0.15, 0.2) is 77.9 Å². The Hall–Kier alpha value is -3.60. The van der Waals surface area contributed by atoms with Gasteiger partial charge in [-0.2, -0.15) is 5.10 Å². The van der Waals surface area contributed by atoms with Crippen molar-refractivity contribution in [1.29, 1.82) is 0 Å². The summed E-state index contributed by atoms with van der Waals surface area (Å²) in [7, 11) is 0. The molecule has 0 saturated heterocycles. The number of ether oxygens (including phenoxy) is 2. The van der Waals surface area contributed by atoms with Crippen LogP contribution in [-0.4, -0.2) is 18.7 Å². The van der Waals surface area contributed by atoms with Crippen LogP contribution >= 0.6 is 0 Å². The maximum Gasteiger partial charge on any atom is 0.277 e. The predicted octanol–water partition coefficient (Wildman–Crippen LogP) is 5.06. The average Bonchev–Trinajstić information content (AvgIpc) is 2.79. The highest BCUT2D eigenvalue weighted by Gasteiger charge is 2.02. The largest absolute Gasteiger partial charge is 0.489 e. The van der Waals surface area contributed by atoms with E-state index in [1.165, 1.54) is 11.1 Å². The molecule has 0 unspecified atom stereocenters. The highest BCUT2D eigenvalue weighted by atomic mass is 16.5. The molecule has 0 aliphatic carbocycles. The topological polar surface area (TPSA) is 59.9 Å². The Balaban J connectivity index is 1.39. The summed E-state index contributed by atoms with van der Waals surface area (Å²) < 4.78 is 11.3. The lowest BCUT2D eigenvalue weighted by Crippen LogP contribution is -2.24. The van der Waals surface area contributed by atoms with Gasteiger partial charge < -0.3 is 9.47 Å². The molecule has 0 atom stereocenters. The van der Waals surface area contributed by atoms with E-state index >= 15 is 0 Å². The van der Waals surface area contributed by atoms with Crippen molar-refractivity contribution in [2.75, 3.05) is 6.61 Å². The van der Waals surface area contributed by atoms with Gasteiger partial charge in [-0.15, -0.1) is 0 Å². The summed E-state index contributed by atoms with van der Waals surface area (Å²) in [6, 6.07) is 23.6. The van der Waals surface area contributed by atoms with Gasteiger partial charge in [0.25, 0.3) is 5.91 Å². The molecule has 0 aliphatic heterocycles. The molecule has 5 heteroatoms. The minimum atomic E-state index is -0.313. The van der Waals surface area contributed by atoms with Crippen LogP contribution < -0.4 is 14.9 Å². The molecule has 1 amide bonds. The van der Waals surface area contributed by atoms with Crippen LogP contribution in [0, 0.1) is 6.92 Å². The smallest absolute Gasteiger partial charge is 0.277 e. The van der Waals surface area contributed by atoms with Crippen molar-refractivity contribution in [2.24, 2.45) is 5.10 Å². The average molecular weight is 417 g/mol. The molecule has 0 bridgehead atoms.